The summed E-state index contributed by atoms with van der Waals surface area (Å²) in [5.41, 5.74) is 3.05. The molecular weight excluding hydrogens is 265 g/mol. The molecule has 0 bridgehead atoms. The number of rotatable bonds is 3. The van der Waals surface area contributed by atoms with E-state index in [1.165, 1.54) is 0 Å². The SMILES string of the molecule is CNC(C)c1cc(F)c(C)cc1N1CCN(C)C(C)(C)C1. The summed E-state index contributed by atoms with van der Waals surface area (Å²) in [6, 6.07) is 3.83. The minimum atomic E-state index is -0.121. The fourth-order valence-electron chi connectivity index (χ4n) is 2.90. The zero-order chi connectivity index (χ0) is 15.8. The molecule has 118 valence electrons. The molecule has 0 aromatic heterocycles. The predicted octanol–water partition coefficient (Wildman–Crippen LogP) is 2.94. The molecule has 1 aliphatic heterocycles. The van der Waals surface area contributed by atoms with Gasteiger partial charge in [0.25, 0.3) is 0 Å². The lowest BCUT2D eigenvalue weighted by Gasteiger charge is -2.47. The molecule has 1 aromatic carbocycles. The van der Waals surface area contributed by atoms with Gasteiger partial charge in [-0.2, -0.15) is 0 Å². The second-order valence-corrected chi connectivity index (χ2v) is 6.83. The molecule has 0 radical (unpaired) electrons. The number of nitrogens with one attached hydrogen (secondary N) is 1. The summed E-state index contributed by atoms with van der Waals surface area (Å²) in [4.78, 5) is 4.79. The minimum absolute atomic E-state index is 0.121. The van der Waals surface area contributed by atoms with Gasteiger partial charge in [0.15, 0.2) is 0 Å². The van der Waals surface area contributed by atoms with Gasteiger partial charge in [0.2, 0.25) is 0 Å². The van der Waals surface area contributed by atoms with Crippen LogP contribution in [0.1, 0.15) is 37.9 Å². The Hall–Kier alpha value is -1.13. The largest absolute Gasteiger partial charge is 0.368 e. The van der Waals surface area contributed by atoms with Crippen LogP contribution < -0.4 is 10.2 Å². The van der Waals surface area contributed by atoms with E-state index in [0.29, 0.717) is 5.56 Å². The maximum absolute atomic E-state index is 14.0. The Morgan fingerprint density at radius 2 is 1.95 bits per heavy atom. The van der Waals surface area contributed by atoms with E-state index in [1.807, 2.05) is 20.0 Å². The van der Waals surface area contributed by atoms with E-state index < -0.39 is 0 Å². The van der Waals surface area contributed by atoms with Crippen LogP contribution in [-0.2, 0) is 0 Å². The fraction of sp³-hybridized carbons (Fsp3) is 0.647. The molecule has 0 aliphatic carbocycles. The molecule has 0 saturated carbocycles. The summed E-state index contributed by atoms with van der Waals surface area (Å²) in [6.45, 7) is 11.4. The molecule has 1 aliphatic rings. The number of halogens is 1. The van der Waals surface area contributed by atoms with Crippen molar-refractivity contribution in [2.24, 2.45) is 0 Å². The van der Waals surface area contributed by atoms with Crippen molar-refractivity contribution in [3.8, 4) is 0 Å². The van der Waals surface area contributed by atoms with Crippen molar-refractivity contribution in [3.05, 3.63) is 29.1 Å². The van der Waals surface area contributed by atoms with Crippen molar-refractivity contribution in [2.45, 2.75) is 39.3 Å². The van der Waals surface area contributed by atoms with E-state index in [2.05, 4.69) is 42.9 Å². The van der Waals surface area contributed by atoms with Gasteiger partial charge in [0, 0.05) is 36.9 Å². The van der Waals surface area contributed by atoms with Crippen LogP contribution >= 0.6 is 0 Å². The maximum Gasteiger partial charge on any atom is 0.126 e. The molecule has 21 heavy (non-hydrogen) atoms. The van der Waals surface area contributed by atoms with Gasteiger partial charge in [0.05, 0.1) is 0 Å². The highest BCUT2D eigenvalue weighted by atomic mass is 19.1. The average molecular weight is 293 g/mol. The van der Waals surface area contributed by atoms with E-state index in [-0.39, 0.29) is 17.4 Å². The zero-order valence-electron chi connectivity index (χ0n) is 14.1. The Kier molecular flexibility index (Phi) is 4.59. The molecule has 2 rings (SSSR count). The molecular formula is C17H28FN3. The van der Waals surface area contributed by atoms with Crippen molar-refractivity contribution in [2.75, 3.05) is 38.6 Å². The molecule has 1 aromatic rings. The quantitative estimate of drug-likeness (QED) is 0.924. The van der Waals surface area contributed by atoms with Crippen LogP contribution in [0.3, 0.4) is 0 Å². The second-order valence-electron chi connectivity index (χ2n) is 6.83. The zero-order valence-corrected chi connectivity index (χ0v) is 14.1. The second kappa shape index (κ2) is 5.93. The summed E-state index contributed by atoms with van der Waals surface area (Å²) < 4.78 is 14.0. The van der Waals surface area contributed by atoms with E-state index >= 15 is 0 Å². The van der Waals surface area contributed by atoms with Gasteiger partial charge >= 0.3 is 0 Å². The van der Waals surface area contributed by atoms with Gasteiger partial charge in [0.1, 0.15) is 5.82 Å². The molecule has 4 heteroatoms. The Morgan fingerprint density at radius 1 is 1.29 bits per heavy atom. The number of hydrogen-bond donors (Lipinski definition) is 1. The lowest BCUT2D eigenvalue weighted by molar-refractivity contribution is 0.138. The van der Waals surface area contributed by atoms with Crippen LogP contribution in [0, 0.1) is 12.7 Å². The normalized spacial score (nSPS) is 20.6. The first-order valence-electron chi connectivity index (χ1n) is 7.70. The molecule has 1 heterocycles. The number of likely N-dealkylation sites (N-methyl/N-ethyl adjacent to an activating group) is 1. The minimum Gasteiger partial charge on any atom is -0.368 e. The van der Waals surface area contributed by atoms with Crippen molar-refractivity contribution in [1.82, 2.24) is 10.2 Å². The molecule has 3 nitrogen and oxygen atoms in total. The first-order chi connectivity index (χ1) is 9.76. The summed E-state index contributed by atoms with van der Waals surface area (Å²) >= 11 is 0. The van der Waals surface area contributed by atoms with Gasteiger partial charge in [-0.1, -0.05) is 0 Å². The van der Waals surface area contributed by atoms with Crippen LogP contribution in [0.25, 0.3) is 0 Å². The van der Waals surface area contributed by atoms with Gasteiger partial charge in [-0.3, -0.25) is 4.90 Å². The number of hydrogen-bond acceptors (Lipinski definition) is 3. The van der Waals surface area contributed by atoms with Crippen LogP contribution in [0.15, 0.2) is 12.1 Å². The summed E-state index contributed by atoms with van der Waals surface area (Å²) in [5.74, 6) is -0.121. The standard InChI is InChI=1S/C17H28FN3/c1-12-9-16(14(10-15(12)18)13(2)19-5)21-8-7-20(6)17(3,4)11-21/h9-10,13,19H,7-8,11H2,1-6H3. The van der Waals surface area contributed by atoms with E-state index in [4.69, 9.17) is 0 Å². The van der Waals surface area contributed by atoms with Crippen molar-refractivity contribution >= 4 is 5.69 Å². The third kappa shape index (κ3) is 3.22. The summed E-state index contributed by atoms with van der Waals surface area (Å²) in [6.07, 6.45) is 0. The van der Waals surface area contributed by atoms with Crippen LogP contribution in [0.5, 0.6) is 0 Å². The Labute approximate surface area is 128 Å². The Bertz CT molecular complexity index is 513. The summed E-state index contributed by atoms with van der Waals surface area (Å²) in [5, 5.41) is 3.23. The molecule has 1 saturated heterocycles. The van der Waals surface area contributed by atoms with Crippen molar-refractivity contribution in [3.63, 3.8) is 0 Å². The van der Waals surface area contributed by atoms with Gasteiger partial charge in [-0.05, 0) is 65.0 Å². The van der Waals surface area contributed by atoms with Crippen LogP contribution in [-0.4, -0.2) is 44.2 Å². The van der Waals surface area contributed by atoms with Crippen LogP contribution in [0.2, 0.25) is 0 Å². The van der Waals surface area contributed by atoms with E-state index in [1.54, 1.807) is 6.07 Å². The number of benzene rings is 1. The highest BCUT2D eigenvalue weighted by molar-refractivity contribution is 5.58. The monoisotopic (exact) mass is 293 g/mol. The van der Waals surface area contributed by atoms with E-state index in [0.717, 1.165) is 30.9 Å². The van der Waals surface area contributed by atoms with Gasteiger partial charge in [-0.25, -0.2) is 4.39 Å². The van der Waals surface area contributed by atoms with Crippen LogP contribution in [0.4, 0.5) is 10.1 Å². The predicted molar refractivity (Wildman–Crippen MR) is 87.5 cm³/mol. The van der Waals surface area contributed by atoms with Crippen molar-refractivity contribution < 1.29 is 4.39 Å². The smallest absolute Gasteiger partial charge is 0.126 e. The van der Waals surface area contributed by atoms with Gasteiger partial charge < -0.3 is 10.2 Å². The third-order valence-corrected chi connectivity index (χ3v) is 4.86. The molecule has 0 spiro atoms. The highest BCUT2D eigenvalue weighted by Gasteiger charge is 2.32. The maximum atomic E-state index is 14.0. The third-order valence-electron chi connectivity index (χ3n) is 4.86. The topological polar surface area (TPSA) is 18.5 Å². The average Bonchev–Trinajstić information content (AvgIpc) is 2.43. The first kappa shape index (κ1) is 16.2. The molecule has 1 N–H and O–H groups in total. The number of nitrogens with zero attached hydrogens (tertiary/aromatic N) is 2. The lowest BCUT2D eigenvalue weighted by Crippen LogP contribution is -2.58. The van der Waals surface area contributed by atoms with Gasteiger partial charge in [-0.15, -0.1) is 0 Å². The molecule has 1 atom stereocenters. The number of piperazine rings is 1. The molecule has 0 amide bonds. The lowest BCUT2D eigenvalue weighted by atomic mass is 9.96. The van der Waals surface area contributed by atoms with Crippen molar-refractivity contribution in [1.29, 1.82) is 0 Å². The number of aryl methyl sites for hydroxylation is 1. The highest BCUT2D eigenvalue weighted by Crippen LogP contribution is 2.32. The Balaban J connectivity index is 2.41. The Morgan fingerprint density at radius 3 is 2.52 bits per heavy atom. The van der Waals surface area contributed by atoms with E-state index in [9.17, 15) is 4.39 Å². The number of anilines is 1. The fourth-order valence-corrected chi connectivity index (χ4v) is 2.90. The molecule has 1 unspecified atom stereocenters. The summed E-state index contributed by atoms with van der Waals surface area (Å²) in [7, 11) is 4.09. The first-order valence-corrected chi connectivity index (χ1v) is 7.70. The molecule has 1 fully saturated rings.